The zero-order valence-corrected chi connectivity index (χ0v) is 8.26. The molecule has 0 radical (unpaired) electrons. The minimum Gasteiger partial charge on any atom is -0.453 e. The summed E-state index contributed by atoms with van der Waals surface area (Å²) < 4.78 is 41.8. The first-order valence-electron chi connectivity index (χ1n) is 4.16. The summed E-state index contributed by atoms with van der Waals surface area (Å²) in [6, 6.07) is 3.06. The molecule has 0 atom stereocenters. The van der Waals surface area contributed by atoms with Gasteiger partial charge in [0.25, 0.3) is 0 Å². The molecule has 0 saturated carbocycles. The van der Waals surface area contributed by atoms with Crippen LogP contribution in [-0.2, 0) is 10.9 Å². The number of anilines is 2. The van der Waals surface area contributed by atoms with Crippen molar-refractivity contribution in [2.24, 2.45) is 0 Å². The quantitative estimate of drug-likeness (QED) is 0.733. The maximum atomic E-state index is 12.5. The lowest BCUT2D eigenvalue weighted by Crippen LogP contribution is -2.16. The van der Waals surface area contributed by atoms with E-state index in [1.165, 1.54) is 6.07 Å². The molecule has 1 rings (SSSR count). The van der Waals surface area contributed by atoms with E-state index in [1.807, 2.05) is 5.32 Å². The monoisotopic (exact) mass is 234 g/mol. The van der Waals surface area contributed by atoms with Gasteiger partial charge in [0.05, 0.1) is 18.4 Å². The summed E-state index contributed by atoms with van der Waals surface area (Å²) in [5, 5.41) is 1.96. The van der Waals surface area contributed by atoms with Gasteiger partial charge in [-0.2, -0.15) is 13.2 Å². The van der Waals surface area contributed by atoms with E-state index in [1.54, 1.807) is 0 Å². The number of halogens is 3. The summed E-state index contributed by atoms with van der Waals surface area (Å²) in [5.41, 5.74) is 3.79. The Bertz CT molecular complexity index is 404. The van der Waals surface area contributed by atoms with Crippen molar-refractivity contribution in [3.05, 3.63) is 23.8 Å². The zero-order chi connectivity index (χ0) is 12.3. The number of amides is 1. The molecular formula is C9H9F3N2O2. The summed E-state index contributed by atoms with van der Waals surface area (Å²) in [5.74, 6) is 0. The molecule has 0 unspecified atom stereocenters. The number of ether oxygens (including phenoxy) is 1. The van der Waals surface area contributed by atoms with Crippen LogP contribution in [0.2, 0.25) is 0 Å². The van der Waals surface area contributed by atoms with Crippen molar-refractivity contribution >= 4 is 17.5 Å². The molecule has 7 heteroatoms. The van der Waals surface area contributed by atoms with Crippen LogP contribution in [0.4, 0.5) is 29.3 Å². The van der Waals surface area contributed by atoms with E-state index < -0.39 is 23.5 Å². The fourth-order valence-corrected chi connectivity index (χ4v) is 1.07. The molecule has 0 aliphatic rings. The molecule has 0 fully saturated rings. The molecule has 0 aliphatic carbocycles. The van der Waals surface area contributed by atoms with E-state index in [2.05, 4.69) is 4.74 Å². The molecule has 0 spiro atoms. The number of carbonyl (C=O) groups is 1. The number of nitrogen functional groups attached to an aromatic ring is 1. The van der Waals surface area contributed by atoms with E-state index in [0.29, 0.717) is 0 Å². The van der Waals surface area contributed by atoms with E-state index in [9.17, 15) is 18.0 Å². The number of alkyl halides is 3. The average molecular weight is 234 g/mol. The highest BCUT2D eigenvalue weighted by Crippen LogP contribution is 2.36. The third-order valence-corrected chi connectivity index (χ3v) is 1.77. The predicted octanol–water partition coefficient (Wildman–Crippen LogP) is 2.47. The number of rotatable bonds is 1. The normalized spacial score (nSPS) is 11.0. The average Bonchev–Trinajstić information content (AvgIpc) is 2.19. The largest absolute Gasteiger partial charge is 0.453 e. The van der Waals surface area contributed by atoms with Crippen molar-refractivity contribution < 1.29 is 22.7 Å². The number of methoxy groups -OCH3 is 1. The highest BCUT2D eigenvalue weighted by atomic mass is 19.4. The summed E-state index contributed by atoms with van der Waals surface area (Å²) in [4.78, 5) is 10.8. The van der Waals surface area contributed by atoms with Crippen LogP contribution in [0.5, 0.6) is 0 Å². The van der Waals surface area contributed by atoms with Gasteiger partial charge in [-0.05, 0) is 18.2 Å². The molecule has 0 heterocycles. The van der Waals surface area contributed by atoms with Gasteiger partial charge in [-0.15, -0.1) is 0 Å². The Kier molecular flexibility index (Phi) is 3.26. The lowest BCUT2D eigenvalue weighted by Gasteiger charge is -2.13. The van der Waals surface area contributed by atoms with Gasteiger partial charge in [-0.1, -0.05) is 0 Å². The Hall–Kier alpha value is -1.92. The summed E-state index contributed by atoms with van der Waals surface area (Å²) in [7, 11) is 1.06. The van der Waals surface area contributed by atoms with E-state index in [0.717, 1.165) is 19.2 Å². The molecule has 1 aromatic rings. The van der Waals surface area contributed by atoms with Crippen LogP contribution in [0.3, 0.4) is 0 Å². The number of hydrogen-bond donors (Lipinski definition) is 2. The zero-order valence-electron chi connectivity index (χ0n) is 8.26. The number of hydrogen-bond acceptors (Lipinski definition) is 3. The van der Waals surface area contributed by atoms with Crippen LogP contribution in [-0.4, -0.2) is 13.2 Å². The molecular weight excluding hydrogens is 225 g/mol. The van der Waals surface area contributed by atoms with Gasteiger partial charge >= 0.3 is 12.3 Å². The van der Waals surface area contributed by atoms with Gasteiger partial charge in [-0.3, -0.25) is 5.32 Å². The molecule has 0 aliphatic heterocycles. The van der Waals surface area contributed by atoms with E-state index in [4.69, 9.17) is 5.73 Å². The van der Waals surface area contributed by atoms with Gasteiger partial charge in [0.1, 0.15) is 0 Å². The molecule has 4 nitrogen and oxygen atoms in total. The van der Waals surface area contributed by atoms with Crippen molar-refractivity contribution in [1.82, 2.24) is 0 Å². The van der Waals surface area contributed by atoms with Crippen LogP contribution < -0.4 is 11.1 Å². The molecule has 0 bridgehead atoms. The Morgan fingerprint density at radius 3 is 2.56 bits per heavy atom. The number of nitrogens with one attached hydrogen (secondary N) is 1. The van der Waals surface area contributed by atoms with Gasteiger partial charge < -0.3 is 10.5 Å². The van der Waals surface area contributed by atoms with Crippen molar-refractivity contribution in [2.45, 2.75) is 6.18 Å². The molecule has 3 N–H and O–H groups in total. The van der Waals surface area contributed by atoms with Crippen LogP contribution in [0.25, 0.3) is 0 Å². The fraction of sp³-hybridized carbons (Fsp3) is 0.222. The Labute approximate surface area is 89.2 Å². The van der Waals surface area contributed by atoms with Crippen molar-refractivity contribution in [1.29, 1.82) is 0 Å². The predicted molar refractivity (Wildman–Crippen MR) is 51.9 cm³/mol. The van der Waals surface area contributed by atoms with Gasteiger partial charge in [0.2, 0.25) is 0 Å². The highest BCUT2D eigenvalue weighted by Gasteiger charge is 2.34. The molecule has 0 aromatic heterocycles. The Balaban J connectivity index is 3.13. The van der Waals surface area contributed by atoms with Crippen LogP contribution in [0, 0.1) is 0 Å². The van der Waals surface area contributed by atoms with E-state index in [-0.39, 0.29) is 5.69 Å². The smallest absolute Gasteiger partial charge is 0.418 e. The molecule has 1 amide bonds. The second-order valence-corrected chi connectivity index (χ2v) is 2.92. The summed E-state index contributed by atoms with van der Waals surface area (Å²) in [6.45, 7) is 0. The fourth-order valence-electron chi connectivity index (χ4n) is 1.07. The van der Waals surface area contributed by atoms with Crippen LogP contribution in [0.1, 0.15) is 5.56 Å². The summed E-state index contributed by atoms with van der Waals surface area (Å²) in [6.07, 6.45) is -5.57. The standard InChI is InChI=1S/C9H9F3N2O2/c1-16-8(15)14-7-3-2-5(13)4-6(7)9(10,11)12/h2-4H,13H2,1H3,(H,14,15). The molecule has 0 saturated heterocycles. The Morgan fingerprint density at radius 2 is 2.06 bits per heavy atom. The molecule has 1 aromatic carbocycles. The second kappa shape index (κ2) is 4.30. The first-order chi connectivity index (χ1) is 7.34. The van der Waals surface area contributed by atoms with Crippen LogP contribution in [0.15, 0.2) is 18.2 Å². The highest BCUT2D eigenvalue weighted by molar-refractivity contribution is 5.86. The van der Waals surface area contributed by atoms with Crippen molar-refractivity contribution in [2.75, 3.05) is 18.2 Å². The lowest BCUT2D eigenvalue weighted by molar-refractivity contribution is -0.136. The topological polar surface area (TPSA) is 64.3 Å². The SMILES string of the molecule is COC(=O)Nc1ccc(N)cc1C(F)(F)F. The van der Waals surface area contributed by atoms with Crippen molar-refractivity contribution in [3.8, 4) is 0 Å². The maximum Gasteiger partial charge on any atom is 0.418 e. The van der Waals surface area contributed by atoms with E-state index >= 15 is 0 Å². The summed E-state index contributed by atoms with van der Waals surface area (Å²) >= 11 is 0. The van der Waals surface area contributed by atoms with Crippen LogP contribution >= 0.6 is 0 Å². The van der Waals surface area contributed by atoms with Gasteiger partial charge in [-0.25, -0.2) is 4.79 Å². The third kappa shape index (κ3) is 2.78. The maximum absolute atomic E-state index is 12.5. The minimum atomic E-state index is -4.59. The molecule has 88 valence electrons. The first kappa shape index (κ1) is 12.2. The minimum absolute atomic E-state index is 0.0391. The Morgan fingerprint density at radius 1 is 1.44 bits per heavy atom. The molecule has 16 heavy (non-hydrogen) atoms. The lowest BCUT2D eigenvalue weighted by atomic mass is 10.1. The number of carbonyl (C=O) groups excluding carboxylic acids is 1. The first-order valence-corrected chi connectivity index (χ1v) is 4.16. The number of benzene rings is 1. The second-order valence-electron chi connectivity index (χ2n) is 2.92. The van der Waals surface area contributed by atoms with Gasteiger partial charge in [0.15, 0.2) is 0 Å². The van der Waals surface area contributed by atoms with Gasteiger partial charge in [0, 0.05) is 5.69 Å². The number of nitrogens with two attached hydrogens (primary N) is 1. The third-order valence-electron chi connectivity index (χ3n) is 1.77. The van der Waals surface area contributed by atoms with Crippen molar-refractivity contribution in [3.63, 3.8) is 0 Å².